The summed E-state index contributed by atoms with van der Waals surface area (Å²) in [5.41, 5.74) is 4.86. The summed E-state index contributed by atoms with van der Waals surface area (Å²) in [5, 5.41) is 14.8. The van der Waals surface area contributed by atoms with Crippen molar-refractivity contribution < 1.29 is 4.39 Å². The van der Waals surface area contributed by atoms with Crippen LogP contribution in [0.3, 0.4) is 0 Å². The molecule has 0 bridgehead atoms. The summed E-state index contributed by atoms with van der Waals surface area (Å²) in [6.07, 6.45) is 1.48. The molecule has 0 saturated carbocycles. The van der Waals surface area contributed by atoms with Crippen molar-refractivity contribution >= 4 is 38.5 Å². The van der Waals surface area contributed by atoms with E-state index in [0.717, 1.165) is 16.8 Å². The van der Waals surface area contributed by atoms with Crippen molar-refractivity contribution in [3.63, 3.8) is 0 Å². The fourth-order valence-electron chi connectivity index (χ4n) is 2.52. The van der Waals surface area contributed by atoms with Gasteiger partial charge in [-0.15, -0.1) is 11.3 Å². The molecular formula is C20H15BrFN3S. The van der Waals surface area contributed by atoms with Crippen LogP contribution in [0.2, 0.25) is 0 Å². The number of allylic oxidation sites excluding steroid dienone is 1. The Morgan fingerprint density at radius 1 is 1.27 bits per heavy atom. The smallest absolute Gasteiger partial charge is 0.147 e. The summed E-state index contributed by atoms with van der Waals surface area (Å²) in [5.74, 6) is -0.400. The topological polar surface area (TPSA) is 48.7 Å². The number of nitriles is 1. The summed E-state index contributed by atoms with van der Waals surface area (Å²) >= 11 is 4.61. The molecule has 6 heteroatoms. The number of hydrogen-bond donors (Lipinski definition) is 1. The average molecular weight is 428 g/mol. The number of aromatic nitrogens is 1. The second kappa shape index (κ2) is 7.81. The molecule has 0 aliphatic rings. The van der Waals surface area contributed by atoms with Gasteiger partial charge in [0.25, 0.3) is 0 Å². The van der Waals surface area contributed by atoms with Crippen LogP contribution < -0.4 is 5.32 Å². The zero-order chi connectivity index (χ0) is 18.7. The molecule has 0 aliphatic heterocycles. The first-order valence-corrected chi connectivity index (χ1v) is 9.50. The highest BCUT2D eigenvalue weighted by Gasteiger charge is 2.11. The van der Waals surface area contributed by atoms with Crippen molar-refractivity contribution in [1.29, 1.82) is 5.26 Å². The molecule has 0 unspecified atom stereocenters. The second-order valence-corrected chi connectivity index (χ2v) is 7.57. The van der Waals surface area contributed by atoms with Crippen LogP contribution in [0.1, 0.15) is 16.1 Å². The molecule has 3 aromatic rings. The third kappa shape index (κ3) is 4.01. The van der Waals surface area contributed by atoms with E-state index >= 15 is 0 Å². The van der Waals surface area contributed by atoms with Crippen LogP contribution in [-0.2, 0) is 0 Å². The molecule has 0 fully saturated rings. The van der Waals surface area contributed by atoms with E-state index in [9.17, 15) is 9.65 Å². The zero-order valence-electron chi connectivity index (χ0n) is 14.2. The molecule has 0 atom stereocenters. The van der Waals surface area contributed by atoms with Crippen LogP contribution in [0, 0.1) is 31.0 Å². The van der Waals surface area contributed by atoms with E-state index in [-0.39, 0.29) is 0 Å². The number of anilines is 1. The van der Waals surface area contributed by atoms with Crippen LogP contribution in [0.15, 0.2) is 52.5 Å². The van der Waals surface area contributed by atoms with Crippen molar-refractivity contribution in [2.75, 3.05) is 5.32 Å². The van der Waals surface area contributed by atoms with E-state index < -0.39 is 5.82 Å². The number of nitrogens with one attached hydrogen (secondary N) is 1. The SMILES string of the molecule is Cc1ccc(-c2csc(/C(C#N)=C/Nc3ccc(Br)cc3F)n2)c(C)c1. The molecule has 3 rings (SSSR count). The summed E-state index contributed by atoms with van der Waals surface area (Å²) in [4.78, 5) is 4.58. The molecular weight excluding hydrogens is 413 g/mol. The third-order valence-electron chi connectivity index (χ3n) is 3.82. The second-order valence-electron chi connectivity index (χ2n) is 5.79. The minimum atomic E-state index is -0.400. The number of benzene rings is 2. The largest absolute Gasteiger partial charge is 0.358 e. The molecule has 0 amide bonds. The monoisotopic (exact) mass is 427 g/mol. The Hall–Kier alpha value is -2.49. The van der Waals surface area contributed by atoms with Gasteiger partial charge in [-0.1, -0.05) is 39.7 Å². The predicted molar refractivity (Wildman–Crippen MR) is 108 cm³/mol. The van der Waals surface area contributed by atoms with Crippen LogP contribution in [0.4, 0.5) is 10.1 Å². The van der Waals surface area contributed by atoms with Crippen LogP contribution in [-0.4, -0.2) is 4.98 Å². The van der Waals surface area contributed by atoms with Gasteiger partial charge in [0.15, 0.2) is 0 Å². The standard InChI is InChI=1S/C20H15BrFN3S/c1-12-3-5-16(13(2)7-12)19-11-26-20(25-19)14(9-23)10-24-18-6-4-15(21)8-17(18)22/h3-8,10-11,24H,1-2H3/b14-10+. The first-order chi connectivity index (χ1) is 12.5. The number of hydrogen-bond acceptors (Lipinski definition) is 4. The lowest BCUT2D eigenvalue weighted by atomic mass is 10.0. The van der Waals surface area contributed by atoms with Gasteiger partial charge in [0, 0.05) is 21.6 Å². The quantitative estimate of drug-likeness (QED) is 0.496. The van der Waals surface area contributed by atoms with Gasteiger partial charge in [0.2, 0.25) is 0 Å². The van der Waals surface area contributed by atoms with Crippen LogP contribution in [0.5, 0.6) is 0 Å². The number of nitrogens with zero attached hydrogens (tertiary/aromatic N) is 2. The molecule has 1 heterocycles. The lowest BCUT2D eigenvalue weighted by Gasteiger charge is -2.04. The van der Waals surface area contributed by atoms with E-state index in [0.29, 0.717) is 20.7 Å². The van der Waals surface area contributed by atoms with Gasteiger partial charge in [0.1, 0.15) is 22.5 Å². The van der Waals surface area contributed by atoms with Gasteiger partial charge < -0.3 is 5.32 Å². The molecule has 130 valence electrons. The highest BCUT2D eigenvalue weighted by molar-refractivity contribution is 9.10. The van der Waals surface area contributed by atoms with Crippen molar-refractivity contribution in [1.82, 2.24) is 4.98 Å². The molecule has 0 spiro atoms. The van der Waals surface area contributed by atoms with E-state index in [1.165, 1.54) is 29.2 Å². The van der Waals surface area contributed by atoms with Crippen molar-refractivity contribution in [2.45, 2.75) is 13.8 Å². The van der Waals surface area contributed by atoms with Gasteiger partial charge in [-0.05, 0) is 37.6 Å². The lowest BCUT2D eigenvalue weighted by molar-refractivity contribution is 0.631. The van der Waals surface area contributed by atoms with Gasteiger partial charge in [-0.25, -0.2) is 9.37 Å². The predicted octanol–water partition coefficient (Wildman–Crippen LogP) is 6.31. The minimum absolute atomic E-state index is 0.298. The minimum Gasteiger partial charge on any atom is -0.358 e. The summed E-state index contributed by atoms with van der Waals surface area (Å²) in [6.45, 7) is 4.09. The summed E-state index contributed by atoms with van der Waals surface area (Å²) in [6, 6.07) is 13.0. The molecule has 26 heavy (non-hydrogen) atoms. The Morgan fingerprint density at radius 3 is 2.77 bits per heavy atom. The molecule has 3 nitrogen and oxygen atoms in total. The van der Waals surface area contributed by atoms with E-state index in [1.54, 1.807) is 12.1 Å². The first kappa shape index (κ1) is 18.3. The van der Waals surface area contributed by atoms with Gasteiger partial charge in [0.05, 0.1) is 11.4 Å². The fraction of sp³-hybridized carbons (Fsp3) is 0.100. The molecule has 1 N–H and O–H groups in total. The average Bonchev–Trinajstić information content (AvgIpc) is 3.06. The molecule has 1 aromatic heterocycles. The Bertz CT molecular complexity index is 1030. The maximum atomic E-state index is 13.9. The summed E-state index contributed by atoms with van der Waals surface area (Å²) in [7, 11) is 0. The summed E-state index contributed by atoms with van der Waals surface area (Å²) < 4.78 is 14.5. The van der Waals surface area contributed by atoms with Gasteiger partial charge in [-0.2, -0.15) is 5.26 Å². The zero-order valence-corrected chi connectivity index (χ0v) is 16.6. The number of halogens is 2. The van der Waals surface area contributed by atoms with E-state index in [2.05, 4.69) is 38.4 Å². The normalized spacial score (nSPS) is 11.3. The van der Waals surface area contributed by atoms with Gasteiger partial charge in [-0.3, -0.25) is 0 Å². The Labute approximate surface area is 164 Å². The van der Waals surface area contributed by atoms with Crippen molar-refractivity contribution in [3.05, 3.63) is 74.4 Å². The van der Waals surface area contributed by atoms with Gasteiger partial charge >= 0.3 is 0 Å². The van der Waals surface area contributed by atoms with E-state index in [4.69, 9.17) is 0 Å². The lowest BCUT2D eigenvalue weighted by Crippen LogP contribution is -1.94. The highest BCUT2D eigenvalue weighted by atomic mass is 79.9. The highest BCUT2D eigenvalue weighted by Crippen LogP contribution is 2.29. The first-order valence-electron chi connectivity index (χ1n) is 7.83. The Kier molecular flexibility index (Phi) is 5.50. The maximum absolute atomic E-state index is 13.9. The number of rotatable bonds is 4. The molecule has 0 radical (unpaired) electrons. The number of aryl methyl sites for hydroxylation is 2. The molecule has 0 aliphatic carbocycles. The van der Waals surface area contributed by atoms with Crippen molar-refractivity contribution in [3.8, 4) is 17.3 Å². The third-order valence-corrected chi connectivity index (χ3v) is 5.18. The van der Waals surface area contributed by atoms with E-state index in [1.807, 2.05) is 31.4 Å². The van der Waals surface area contributed by atoms with Crippen LogP contribution >= 0.6 is 27.3 Å². The Balaban J connectivity index is 1.87. The Morgan fingerprint density at radius 2 is 2.08 bits per heavy atom. The maximum Gasteiger partial charge on any atom is 0.147 e. The van der Waals surface area contributed by atoms with Crippen LogP contribution in [0.25, 0.3) is 16.8 Å². The molecule has 2 aromatic carbocycles. The number of thiazole rings is 1. The fourth-order valence-corrected chi connectivity index (χ4v) is 3.64. The van der Waals surface area contributed by atoms with Crippen molar-refractivity contribution in [2.24, 2.45) is 0 Å². The molecule has 0 saturated heterocycles.